The van der Waals surface area contributed by atoms with Crippen molar-refractivity contribution in [1.82, 2.24) is 15.0 Å². The van der Waals surface area contributed by atoms with Gasteiger partial charge in [0, 0.05) is 25.0 Å². The van der Waals surface area contributed by atoms with Gasteiger partial charge in [0.25, 0.3) is 0 Å². The monoisotopic (exact) mass is 291 g/mol. The molecule has 0 aliphatic carbocycles. The first-order valence-electron chi connectivity index (χ1n) is 7.06. The minimum atomic E-state index is 0.553. The van der Waals surface area contributed by atoms with Crippen LogP contribution in [0.2, 0.25) is 0 Å². The molecule has 0 aliphatic rings. The van der Waals surface area contributed by atoms with Gasteiger partial charge in [0.1, 0.15) is 5.82 Å². The summed E-state index contributed by atoms with van der Waals surface area (Å²) in [6, 6.07) is 15.8. The lowest BCUT2D eigenvalue weighted by Gasteiger charge is -2.10. The van der Waals surface area contributed by atoms with Gasteiger partial charge in [-0.2, -0.15) is 4.98 Å². The van der Waals surface area contributed by atoms with Crippen molar-refractivity contribution in [3.63, 3.8) is 0 Å². The van der Waals surface area contributed by atoms with Crippen LogP contribution in [0.5, 0.6) is 0 Å². The van der Waals surface area contributed by atoms with E-state index in [2.05, 4.69) is 44.6 Å². The molecule has 0 radical (unpaired) electrons. The van der Waals surface area contributed by atoms with Gasteiger partial charge < -0.3 is 10.6 Å². The van der Waals surface area contributed by atoms with Gasteiger partial charge in [0.15, 0.2) is 0 Å². The van der Waals surface area contributed by atoms with Crippen molar-refractivity contribution < 1.29 is 0 Å². The van der Waals surface area contributed by atoms with Gasteiger partial charge >= 0.3 is 0 Å². The van der Waals surface area contributed by atoms with Crippen LogP contribution in [-0.2, 0) is 0 Å². The van der Waals surface area contributed by atoms with E-state index >= 15 is 0 Å². The van der Waals surface area contributed by atoms with E-state index < -0.39 is 0 Å². The molecule has 3 rings (SSSR count). The van der Waals surface area contributed by atoms with Gasteiger partial charge in [-0.25, -0.2) is 4.98 Å². The fourth-order valence-corrected chi connectivity index (χ4v) is 2.05. The van der Waals surface area contributed by atoms with Gasteiger partial charge in [-0.05, 0) is 31.2 Å². The fourth-order valence-electron chi connectivity index (χ4n) is 2.05. The van der Waals surface area contributed by atoms with Crippen molar-refractivity contribution in [1.29, 1.82) is 0 Å². The Morgan fingerprint density at radius 1 is 0.909 bits per heavy atom. The van der Waals surface area contributed by atoms with Gasteiger partial charge in [-0.15, -0.1) is 0 Å². The number of anilines is 3. The van der Waals surface area contributed by atoms with Crippen molar-refractivity contribution in [2.24, 2.45) is 0 Å². The first-order chi connectivity index (χ1) is 10.7. The summed E-state index contributed by atoms with van der Waals surface area (Å²) in [5, 5.41) is 6.28. The molecule has 22 heavy (non-hydrogen) atoms. The molecule has 0 amide bonds. The third kappa shape index (κ3) is 3.20. The lowest BCUT2D eigenvalue weighted by molar-refractivity contribution is 1.14. The molecule has 0 spiro atoms. The Balaban J connectivity index is 1.95. The zero-order valence-corrected chi connectivity index (χ0v) is 12.5. The van der Waals surface area contributed by atoms with Crippen LogP contribution < -0.4 is 10.6 Å². The van der Waals surface area contributed by atoms with E-state index in [1.807, 2.05) is 36.4 Å². The molecule has 0 unspecified atom stereocenters. The number of benzene rings is 1. The zero-order valence-electron chi connectivity index (χ0n) is 12.5. The predicted octanol–water partition coefficient (Wildman–Crippen LogP) is 3.63. The zero-order chi connectivity index (χ0) is 15.4. The lowest BCUT2D eigenvalue weighted by atomic mass is 10.2. The molecule has 2 heterocycles. The lowest BCUT2D eigenvalue weighted by Crippen LogP contribution is -2.02. The van der Waals surface area contributed by atoms with Gasteiger partial charge in [0.2, 0.25) is 5.95 Å². The van der Waals surface area contributed by atoms with Crippen molar-refractivity contribution >= 4 is 17.5 Å². The summed E-state index contributed by atoms with van der Waals surface area (Å²) in [4.78, 5) is 13.2. The van der Waals surface area contributed by atoms with Crippen LogP contribution in [0.15, 0.2) is 54.7 Å². The third-order valence-electron chi connectivity index (χ3n) is 3.20. The van der Waals surface area contributed by atoms with E-state index in [0.29, 0.717) is 5.95 Å². The number of pyridine rings is 1. The normalized spacial score (nSPS) is 10.3. The molecule has 5 nitrogen and oxygen atoms in total. The Kier molecular flexibility index (Phi) is 3.96. The molecule has 2 N–H and O–H groups in total. The summed E-state index contributed by atoms with van der Waals surface area (Å²) >= 11 is 0. The van der Waals surface area contributed by atoms with Crippen molar-refractivity contribution in [3.05, 3.63) is 60.3 Å². The first-order valence-corrected chi connectivity index (χ1v) is 7.06. The number of aromatic nitrogens is 3. The smallest absolute Gasteiger partial charge is 0.225 e. The van der Waals surface area contributed by atoms with E-state index in [4.69, 9.17) is 0 Å². The maximum absolute atomic E-state index is 4.45. The van der Waals surface area contributed by atoms with E-state index in [-0.39, 0.29) is 0 Å². The topological polar surface area (TPSA) is 62.7 Å². The Morgan fingerprint density at radius 3 is 2.41 bits per heavy atom. The number of rotatable bonds is 4. The summed E-state index contributed by atoms with van der Waals surface area (Å²) < 4.78 is 0. The molecular formula is C17H17N5. The highest BCUT2D eigenvalue weighted by atomic mass is 15.1. The second kappa shape index (κ2) is 6.22. The Hall–Kier alpha value is -2.95. The van der Waals surface area contributed by atoms with Crippen LogP contribution in [0.25, 0.3) is 11.4 Å². The molecule has 1 aromatic carbocycles. The summed E-state index contributed by atoms with van der Waals surface area (Å²) in [6.07, 6.45) is 1.75. The first kappa shape index (κ1) is 14.0. The summed E-state index contributed by atoms with van der Waals surface area (Å²) in [6.45, 7) is 2.06. The van der Waals surface area contributed by atoms with Crippen molar-refractivity contribution in [3.8, 4) is 11.4 Å². The van der Waals surface area contributed by atoms with E-state index in [1.165, 1.54) is 5.56 Å². The van der Waals surface area contributed by atoms with Crippen LogP contribution in [0.1, 0.15) is 5.56 Å². The third-order valence-corrected chi connectivity index (χ3v) is 3.20. The summed E-state index contributed by atoms with van der Waals surface area (Å²) in [5.74, 6) is 1.28. The van der Waals surface area contributed by atoms with E-state index in [0.717, 1.165) is 22.9 Å². The number of hydrogen-bond acceptors (Lipinski definition) is 5. The summed E-state index contributed by atoms with van der Waals surface area (Å²) in [7, 11) is 1.80. The SMILES string of the molecule is CNc1nc(Nc2ccc(C)cc2)cc(-c2ccccn2)n1. The average Bonchev–Trinajstić information content (AvgIpc) is 2.57. The Labute approximate surface area is 129 Å². The molecule has 3 aromatic rings. The molecule has 110 valence electrons. The molecule has 0 fully saturated rings. The molecule has 5 heteroatoms. The van der Waals surface area contributed by atoms with Crippen LogP contribution >= 0.6 is 0 Å². The molecule has 0 saturated heterocycles. The van der Waals surface area contributed by atoms with Crippen molar-refractivity contribution in [2.75, 3.05) is 17.7 Å². The largest absolute Gasteiger partial charge is 0.357 e. The van der Waals surface area contributed by atoms with Gasteiger partial charge in [-0.3, -0.25) is 4.98 Å². The van der Waals surface area contributed by atoms with E-state index in [9.17, 15) is 0 Å². The van der Waals surface area contributed by atoms with Gasteiger partial charge in [-0.1, -0.05) is 23.8 Å². The second-order valence-corrected chi connectivity index (χ2v) is 4.92. The molecule has 0 bridgehead atoms. The number of hydrogen-bond donors (Lipinski definition) is 2. The number of nitrogens with zero attached hydrogens (tertiary/aromatic N) is 3. The molecule has 2 aromatic heterocycles. The highest BCUT2D eigenvalue weighted by Gasteiger charge is 2.07. The van der Waals surface area contributed by atoms with Gasteiger partial charge in [0.05, 0.1) is 11.4 Å². The highest BCUT2D eigenvalue weighted by Crippen LogP contribution is 2.22. The van der Waals surface area contributed by atoms with Crippen molar-refractivity contribution in [2.45, 2.75) is 6.92 Å². The standard InChI is InChI=1S/C17H17N5/c1-12-6-8-13(9-7-12)20-16-11-15(21-17(18-2)22-16)14-5-3-4-10-19-14/h3-11H,1-2H3,(H2,18,20,21,22). The predicted molar refractivity (Wildman–Crippen MR) is 89.3 cm³/mol. The maximum atomic E-state index is 4.45. The van der Waals surface area contributed by atoms with Crippen LogP contribution in [0, 0.1) is 6.92 Å². The quantitative estimate of drug-likeness (QED) is 0.768. The second-order valence-electron chi connectivity index (χ2n) is 4.92. The number of aryl methyl sites for hydroxylation is 1. The van der Waals surface area contributed by atoms with E-state index in [1.54, 1.807) is 13.2 Å². The Morgan fingerprint density at radius 2 is 1.73 bits per heavy atom. The minimum absolute atomic E-state index is 0.553. The van der Waals surface area contributed by atoms with Crippen LogP contribution in [0.4, 0.5) is 17.5 Å². The van der Waals surface area contributed by atoms with Crippen LogP contribution in [0.3, 0.4) is 0 Å². The molecule has 0 aliphatic heterocycles. The Bertz CT molecular complexity index is 754. The van der Waals surface area contributed by atoms with Crippen LogP contribution in [-0.4, -0.2) is 22.0 Å². The molecule has 0 atom stereocenters. The average molecular weight is 291 g/mol. The fraction of sp³-hybridized carbons (Fsp3) is 0.118. The summed E-state index contributed by atoms with van der Waals surface area (Å²) in [5.41, 5.74) is 3.79. The minimum Gasteiger partial charge on any atom is -0.357 e. The molecule has 0 saturated carbocycles. The number of nitrogens with one attached hydrogen (secondary N) is 2. The maximum Gasteiger partial charge on any atom is 0.225 e. The highest BCUT2D eigenvalue weighted by molar-refractivity contribution is 5.65. The molecular weight excluding hydrogens is 274 g/mol.